The molecular weight excluding hydrogens is 424 g/mol. The number of fused-ring (bicyclic) bond motifs is 1. The summed E-state index contributed by atoms with van der Waals surface area (Å²) in [6, 6.07) is 27.2. The maximum absolute atomic E-state index is 13.1. The third-order valence-corrected chi connectivity index (χ3v) is 5.76. The van der Waals surface area contributed by atoms with Gasteiger partial charge in [0.05, 0.1) is 6.54 Å². The molecule has 3 aromatic carbocycles. The van der Waals surface area contributed by atoms with E-state index in [2.05, 4.69) is 20.9 Å². The van der Waals surface area contributed by atoms with Crippen LogP contribution in [0.25, 0.3) is 10.9 Å². The molecule has 6 nitrogen and oxygen atoms in total. The Morgan fingerprint density at radius 2 is 1.50 bits per heavy atom. The van der Waals surface area contributed by atoms with Crippen molar-refractivity contribution in [3.8, 4) is 0 Å². The predicted octanol–water partition coefficient (Wildman–Crippen LogP) is 3.34. The molecule has 0 aliphatic heterocycles. The average molecular weight is 455 g/mol. The smallest absolute Gasteiger partial charge is 0.242 e. The van der Waals surface area contributed by atoms with E-state index in [1.54, 1.807) is 0 Å². The Bertz CT molecular complexity index is 1200. The van der Waals surface area contributed by atoms with Crippen molar-refractivity contribution in [3.05, 3.63) is 108 Å². The first-order valence-corrected chi connectivity index (χ1v) is 11.6. The second-order valence-corrected chi connectivity index (χ2v) is 8.30. The molecule has 0 spiro atoms. The molecule has 0 saturated carbocycles. The van der Waals surface area contributed by atoms with Crippen LogP contribution in [0.1, 0.15) is 16.7 Å². The number of H-pyrrole nitrogens is 1. The molecule has 0 unspecified atom stereocenters. The maximum atomic E-state index is 13.1. The summed E-state index contributed by atoms with van der Waals surface area (Å²) < 4.78 is 0. The van der Waals surface area contributed by atoms with Crippen molar-refractivity contribution in [3.63, 3.8) is 0 Å². The lowest BCUT2D eigenvalue weighted by Crippen LogP contribution is -2.50. The molecule has 0 aliphatic carbocycles. The van der Waals surface area contributed by atoms with E-state index in [1.165, 1.54) is 0 Å². The highest BCUT2D eigenvalue weighted by atomic mass is 16.2. The summed E-state index contributed by atoms with van der Waals surface area (Å²) in [5.74, 6) is -0.392. The van der Waals surface area contributed by atoms with Crippen LogP contribution in [0.2, 0.25) is 0 Å². The minimum atomic E-state index is -0.666. The largest absolute Gasteiger partial charge is 0.361 e. The molecule has 0 aliphatic rings. The molecule has 0 radical (unpaired) electrons. The SMILES string of the molecule is O=C(CNCc1ccccc1)N[C@H](Cc1c[nH]c2ccccc12)C(=O)NCCc1ccccc1. The molecule has 1 aromatic heterocycles. The van der Waals surface area contributed by atoms with Gasteiger partial charge in [-0.15, -0.1) is 0 Å². The molecule has 2 amide bonds. The summed E-state index contributed by atoms with van der Waals surface area (Å²) >= 11 is 0. The van der Waals surface area contributed by atoms with Crippen molar-refractivity contribution in [2.45, 2.75) is 25.4 Å². The Balaban J connectivity index is 1.37. The van der Waals surface area contributed by atoms with Crippen LogP contribution >= 0.6 is 0 Å². The molecule has 4 N–H and O–H groups in total. The summed E-state index contributed by atoms with van der Waals surface area (Å²) in [6.07, 6.45) is 3.05. The molecule has 34 heavy (non-hydrogen) atoms. The minimum Gasteiger partial charge on any atom is -0.361 e. The van der Waals surface area contributed by atoms with E-state index in [-0.39, 0.29) is 18.4 Å². The first-order valence-electron chi connectivity index (χ1n) is 11.6. The van der Waals surface area contributed by atoms with E-state index >= 15 is 0 Å². The minimum absolute atomic E-state index is 0.135. The van der Waals surface area contributed by atoms with Gasteiger partial charge in [0, 0.05) is 36.6 Å². The van der Waals surface area contributed by atoms with Gasteiger partial charge in [-0.25, -0.2) is 0 Å². The third kappa shape index (κ3) is 6.56. The lowest BCUT2D eigenvalue weighted by Gasteiger charge is -2.19. The fourth-order valence-electron chi connectivity index (χ4n) is 3.99. The number of para-hydroxylation sites is 1. The van der Waals surface area contributed by atoms with Crippen LogP contribution in [0.3, 0.4) is 0 Å². The molecule has 4 aromatic rings. The molecule has 4 rings (SSSR count). The molecule has 0 bridgehead atoms. The number of hydrogen-bond acceptors (Lipinski definition) is 3. The molecule has 1 atom stereocenters. The van der Waals surface area contributed by atoms with Crippen molar-refractivity contribution < 1.29 is 9.59 Å². The Morgan fingerprint density at radius 3 is 2.26 bits per heavy atom. The number of hydrogen-bond donors (Lipinski definition) is 4. The van der Waals surface area contributed by atoms with Crippen molar-refractivity contribution in [2.24, 2.45) is 0 Å². The van der Waals surface area contributed by atoms with Crippen LogP contribution in [-0.4, -0.2) is 35.9 Å². The highest BCUT2D eigenvalue weighted by molar-refractivity contribution is 5.90. The van der Waals surface area contributed by atoms with Gasteiger partial charge >= 0.3 is 0 Å². The van der Waals surface area contributed by atoms with E-state index in [9.17, 15) is 9.59 Å². The van der Waals surface area contributed by atoms with Crippen LogP contribution < -0.4 is 16.0 Å². The van der Waals surface area contributed by atoms with Crippen LogP contribution in [0.4, 0.5) is 0 Å². The standard InChI is InChI=1S/C28H30N4O2/c33-27(20-29-18-22-11-5-2-6-12-22)32-26(17-23-19-31-25-14-8-7-13-24(23)25)28(34)30-16-15-21-9-3-1-4-10-21/h1-14,19,26,29,31H,15-18,20H2,(H,30,34)(H,32,33)/t26-/m1/s1. The van der Waals surface area contributed by atoms with E-state index in [0.717, 1.165) is 34.0 Å². The lowest BCUT2D eigenvalue weighted by atomic mass is 10.0. The number of nitrogens with one attached hydrogen (secondary N) is 4. The van der Waals surface area contributed by atoms with Crippen molar-refractivity contribution >= 4 is 22.7 Å². The molecule has 1 heterocycles. The highest BCUT2D eigenvalue weighted by Gasteiger charge is 2.22. The van der Waals surface area contributed by atoms with Gasteiger partial charge < -0.3 is 20.9 Å². The Morgan fingerprint density at radius 1 is 0.824 bits per heavy atom. The van der Waals surface area contributed by atoms with Crippen LogP contribution in [-0.2, 0) is 29.0 Å². The van der Waals surface area contributed by atoms with Crippen molar-refractivity contribution in [2.75, 3.05) is 13.1 Å². The quantitative estimate of drug-likeness (QED) is 0.280. The third-order valence-electron chi connectivity index (χ3n) is 5.76. The fraction of sp³-hybridized carbons (Fsp3) is 0.214. The van der Waals surface area contributed by atoms with Gasteiger partial charge in [-0.2, -0.15) is 0 Å². The number of amides is 2. The molecular formula is C28H30N4O2. The monoisotopic (exact) mass is 454 g/mol. The number of rotatable bonds is 11. The lowest BCUT2D eigenvalue weighted by molar-refractivity contribution is -0.128. The van der Waals surface area contributed by atoms with E-state index < -0.39 is 6.04 Å². The van der Waals surface area contributed by atoms with Gasteiger partial charge in [-0.3, -0.25) is 9.59 Å². The van der Waals surface area contributed by atoms with Gasteiger partial charge in [0.25, 0.3) is 0 Å². The first-order chi connectivity index (χ1) is 16.7. The number of carbonyl (C=O) groups excluding carboxylic acids is 2. The second kappa shape index (κ2) is 11.8. The predicted molar refractivity (Wildman–Crippen MR) is 135 cm³/mol. The normalized spacial score (nSPS) is 11.8. The highest BCUT2D eigenvalue weighted by Crippen LogP contribution is 2.19. The van der Waals surface area contributed by atoms with Crippen molar-refractivity contribution in [1.29, 1.82) is 0 Å². The number of aromatic nitrogens is 1. The van der Waals surface area contributed by atoms with E-state index in [4.69, 9.17) is 0 Å². The first kappa shape index (κ1) is 23.3. The molecule has 0 fully saturated rings. The molecule has 174 valence electrons. The van der Waals surface area contributed by atoms with E-state index in [1.807, 2.05) is 91.1 Å². The zero-order valence-electron chi connectivity index (χ0n) is 19.1. The summed E-state index contributed by atoms with van der Waals surface area (Å²) in [5.41, 5.74) is 4.27. The summed E-state index contributed by atoms with van der Waals surface area (Å²) in [5, 5.41) is 10.1. The summed E-state index contributed by atoms with van der Waals surface area (Å²) in [6.45, 7) is 1.23. The van der Waals surface area contributed by atoms with Gasteiger partial charge in [-0.1, -0.05) is 78.9 Å². The topological polar surface area (TPSA) is 86.0 Å². The summed E-state index contributed by atoms with van der Waals surface area (Å²) in [4.78, 5) is 29.0. The van der Waals surface area contributed by atoms with Gasteiger partial charge in [0.2, 0.25) is 11.8 Å². The molecule has 6 heteroatoms. The average Bonchev–Trinajstić information content (AvgIpc) is 3.28. The zero-order valence-corrected chi connectivity index (χ0v) is 19.1. The number of carbonyl (C=O) groups is 2. The van der Waals surface area contributed by atoms with Crippen LogP contribution in [0.5, 0.6) is 0 Å². The summed E-state index contributed by atoms with van der Waals surface area (Å²) in [7, 11) is 0. The number of benzene rings is 3. The zero-order chi connectivity index (χ0) is 23.6. The maximum Gasteiger partial charge on any atom is 0.242 e. The number of aromatic amines is 1. The van der Waals surface area contributed by atoms with Crippen LogP contribution in [0.15, 0.2) is 91.1 Å². The Labute approximate surface area is 199 Å². The second-order valence-electron chi connectivity index (χ2n) is 8.30. The fourth-order valence-corrected chi connectivity index (χ4v) is 3.99. The van der Waals surface area contributed by atoms with E-state index in [0.29, 0.717) is 19.5 Å². The van der Waals surface area contributed by atoms with Crippen LogP contribution in [0, 0.1) is 0 Å². The van der Waals surface area contributed by atoms with Gasteiger partial charge in [0.1, 0.15) is 6.04 Å². The van der Waals surface area contributed by atoms with Gasteiger partial charge in [-0.05, 0) is 29.2 Å². The Kier molecular flexibility index (Phi) is 8.08. The van der Waals surface area contributed by atoms with Crippen molar-refractivity contribution in [1.82, 2.24) is 20.9 Å². The van der Waals surface area contributed by atoms with Gasteiger partial charge in [0.15, 0.2) is 0 Å². The molecule has 0 saturated heterocycles. The Hall–Kier alpha value is -3.90.